The third-order valence-corrected chi connectivity index (χ3v) is 4.52. The Morgan fingerprint density at radius 3 is 2.59 bits per heavy atom. The summed E-state index contributed by atoms with van der Waals surface area (Å²) in [6, 6.07) is 5.07. The second kappa shape index (κ2) is 3.79. The van der Waals surface area contributed by atoms with Crippen molar-refractivity contribution in [2.75, 3.05) is 7.05 Å². The van der Waals surface area contributed by atoms with Gasteiger partial charge < -0.3 is 10.0 Å². The lowest BCUT2D eigenvalue weighted by Crippen LogP contribution is -2.48. The van der Waals surface area contributed by atoms with Crippen LogP contribution in [-0.2, 0) is 5.60 Å². The Hall–Kier alpha value is -0.930. The van der Waals surface area contributed by atoms with Gasteiger partial charge in [0, 0.05) is 18.3 Å². The fraction of sp³-hybridized carbons (Fsp3) is 0.643. The van der Waals surface area contributed by atoms with Crippen LogP contribution in [0.1, 0.15) is 36.9 Å². The molecule has 0 aromatic carbocycles. The second-order valence-corrected chi connectivity index (χ2v) is 5.71. The molecule has 1 aromatic heterocycles. The van der Waals surface area contributed by atoms with E-state index in [1.54, 1.807) is 0 Å². The molecule has 2 bridgehead atoms. The summed E-state index contributed by atoms with van der Waals surface area (Å²) in [6.45, 7) is 2.05. The Morgan fingerprint density at radius 1 is 1.35 bits per heavy atom. The number of hydrogen-bond acceptors (Lipinski definition) is 3. The predicted octanol–water partition coefficient (Wildman–Crippen LogP) is 1.83. The van der Waals surface area contributed by atoms with Crippen LogP contribution < -0.4 is 0 Å². The number of piperidine rings is 1. The van der Waals surface area contributed by atoms with Crippen molar-refractivity contribution in [3.8, 4) is 0 Å². The van der Waals surface area contributed by atoms with E-state index in [2.05, 4.69) is 23.9 Å². The number of aryl methyl sites for hydroxylation is 1. The van der Waals surface area contributed by atoms with Gasteiger partial charge in [-0.2, -0.15) is 0 Å². The molecule has 0 amide bonds. The summed E-state index contributed by atoms with van der Waals surface area (Å²) in [5, 5.41) is 10.9. The number of pyridine rings is 1. The lowest BCUT2D eigenvalue weighted by atomic mass is 9.83. The number of aliphatic hydroxyl groups is 1. The Labute approximate surface area is 102 Å². The molecule has 2 saturated heterocycles. The Balaban J connectivity index is 1.93. The first-order chi connectivity index (χ1) is 8.08. The van der Waals surface area contributed by atoms with Crippen LogP contribution in [0.2, 0.25) is 0 Å². The van der Waals surface area contributed by atoms with Crippen LogP contribution in [0.25, 0.3) is 0 Å². The highest BCUT2D eigenvalue weighted by molar-refractivity contribution is 5.22. The minimum atomic E-state index is -0.704. The molecule has 2 fully saturated rings. The predicted molar refractivity (Wildman–Crippen MR) is 66.7 cm³/mol. The van der Waals surface area contributed by atoms with Gasteiger partial charge in [-0.05, 0) is 57.4 Å². The molecule has 3 rings (SSSR count). The first kappa shape index (κ1) is 11.2. The van der Waals surface area contributed by atoms with Crippen molar-refractivity contribution in [1.82, 2.24) is 9.88 Å². The minimum absolute atomic E-state index is 0.529. The Morgan fingerprint density at radius 2 is 2.00 bits per heavy atom. The van der Waals surface area contributed by atoms with Gasteiger partial charge in [-0.1, -0.05) is 0 Å². The first-order valence-corrected chi connectivity index (χ1v) is 6.46. The van der Waals surface area contributed by atoms with E-state index in [0.717, 1.165) is 18.5 Å². The van der Waals surface area contributed by atoms with E-state index in [4.69, 9.17) is 0 Å². The van der Waals surface area contributed by atoms with Crippen molar-refractivity contribution in [3.63, 3.8) is 0 Å². The summed E-state index contributed by atoms with van der Waals surface area (Å²) in [6.07, 6.45) is 5.90. The number of hydrogen-bond donors (Lipinski definition) is 1. The molecule has 0 saturated carbocycles. The molecule has 2 atom stereocenters. The number of aromatic nitrogens is 1. The minimum Gasteiger partial charge on any atom is -0.383 e. The van der Waals surface area contributed by atoms with E-state index >= 15 is 0 Å². The highest BCUT2D eigenvalue weighted by Gasteiger charge is 2.47. The van der Waals surface area contributed by atoms with Crippen molar-refractivity contribution in [1.29, 1.82) is 0 Å². The van der Waals surface area contributed by atoms with Gasteiger partial charge in [0.15, 0.2) is 0 Å². The van der Waals surface area contributed by atoms with Gasteiger partial charge in [-0.25, -0.2) is 0 Å². The number of fused-ring (bicyclic) bond motifs is 2. The van der Waals surface area contributed by atoms with Crippen molar-refractivity contribution >= 4 is 0 Å². The summed E-state index contributed by atoms with van der Waals surface area (Å²) in [4.78, 5) is 6.82. The number of nitrogens with zero attached hydrogens (tertiary/aromatic N) is 2. The lowest BCUT2D eigenvalue weighted by molar-refractivity contribution is -0.0524. The van der Waals surface area contributed by atoms with Gasteiger partial charge in [0.25, 0.3) is 0 Å². The highest BCUT2D eigenvalue weighted by Crippen LogP contribution is 2.44. The maximum absolute atomic E-state index is 10.9. The normalized spacial score (nSPS) is 37.4. The number of rotatable bonds is 1. The zero-order valence-corrected chi connectivity index (χ0v) is 10.6. The molecule has 3 nitrogen and oxygen atoms in total. The standard InChI is InChI=1S/C14H20N2O/c1-10-5-6-15-13(7-10)14(17)8-11-3-4-12(9-14)16(11)2/h5-7,11-12,17H,3-4,8-9H2,1-2H3. The summed E-state index contributed by atoms with van der Waals surface area (Å²) in [5.41, 5.74) is 1.34. The van der Waals surface area contributed by atoms with Gasteiger partial charge in [-0.15, -0.1) is 0 Å². The molecule has 2 unspecified atom stereocenters. The van der Waals surface area contributed by atoms with Crippen molar-refractivity contribution < 1.29 is 5.11 Å². The van der Waals surface area contributed by atoms with Gasteiger partial charge >= 0.3 is 0 Å². The molecule has 2 aliphatic rings. The van der Waals surface area contributed by atoms with Crippen LogP contribution in [0.3, 0.4) is 0 Å². The maximum atomic E-state index is 10.9. The quantitative estimate of drug-likeness (QED) is 0.802. The van der Waals surface area contributed by atoms with Gasteiger partial charge in [0.05, 0.1) is 5.69 Å². The molecule has 2 aliphatic heterocycles. The van der Waals surface area contributed by atoms with Crippen molar-refractivity contribution in [2.45, 2.75) is 50.3 Å². The molecule has 92 valence electrons. The first-order valence-electron chi connectivity index (χ1n) is 6.46. The van der Waals surface area contributed by atoms with E-state index in [9.17, 15) is 5.11 Å². The molecule has 0 spiro atoms. The summed E-state index contributed by atoms with van der Waals surface area (Å²) >= 11 is 0. The van der Waals surface area contributed by atoms with E-state index in [0.29, 0.717) is 12.1 Å². The third kappa shape index (κ3) is 1.78. The largest absolute Gasteiger partial charge is 0.383 e. The van der Waals surface area contributed by atoms with E-state index in [-0.39, 0.29) is 0 Å². The Kier molecular flexibility index (Phi) is 2.49. The monoisotopic (exact) mass is 232 g/mol. The van der Waals surface area contributed by atoms with Crippen molar-refractivity contribution in [3.05, 3.63) is 29.6 Å². The van der Waals surface area contributed by atoms with Crippen LogP contribution in [0.15, 0.2) is 18.3 Å². The Bertz CT molecular complexity index is 418. The van der Waals surface area contributed by atoms with Gasteiger partial charge in [0.1, 0.15) is 5.60 Å². The van der Waals surface area contributed by atoms with E-state index < -0.39 is 5.60 Å². The fourth-order valence-corrected chi connectivity index (χ4v) is 3.45. The zero-order valence-electron chi connectivity index (χ0n) is 10.6. The summed E-state index contributed by atoms with van der Waals surface area (Å²) in [7, 11) is 2.19. The molecule has 3 heteroatoms. The molecular weight excluding hydrogens is 212 g/mol. The van der Waals surface area contributed by atoms with Crippen LogP contribution in [-0.4, -0.2) is 34.1 Å². The molecule has 0 aliphatic carbocycles. The smallest absolute Gasteiger partial charge is 0.109 e. The average molecular weight is 232 g/mol. The molecule has 17 heavy (non-hydrogen) atoms. The molecular formula is C14H20N2O. The maximum Gasteiger partial charge on any atom is 0.109 e. The van der Waals surface area contributed by atoms with Crippen LogP contribution >= 0.6 is 0 Å². The lowest BCUT2D eigenvalue weighted by Gasteiger charge is -2.41. The summed E-state index contributed by atoms with van der Waals surface area (Å²) < 4.78 is 0. The highest BCUT2D eigenvalue weighted by atomic mass is 16.3. The SMILES string of the molecule is Cc1ccnc(C2(O)CC3CCC(C2)N3C)c1. The molecule has 1 N–H and O–H groups in total. The van der Waals surface area contributed by atoms with E-state index in [1.165, 1.54) is 18.4 Å². The van der Waals surface area contributed by atoms with Crippen LogP contribution in [0.5, 0.6) is 0 Å². The average Bonchev–Trinajstić information content (AvgIpc) is 2.53. The van der Waals surface area contributed by atoms with Crippen LogP contribution in [0.4, 0.5) is 0 Å². The molecule has 3 heterocycles. The van der Waals surface area contributed by atoms with Gasteiger partial charge in [-0.3, -0.25) is 4.98 Å². The molecule has 0 radical (unpaired) electrons. The van der Waals surface area contributed by atoms with E-state index in [1.807, 2.05) is 18.3 Å². The topological polar surface area (TPSA) is 36.4 Å². The molecule has 1 aromatic rings. The van der Waals surface area contributed by atoms with Crippen molar-refractivity contribution in [2.24, 2.45) is 0 Å². The summed E-state index contributed by atoms with van der Waals surface area (Å²) in [5.74, 6) is 0. The third-order valence-electron chi connectivity index (χ3n) is 4.52. The fourth-order valence-electron chi connectivity index (χ4n) is 3.45. The van der Waals surface area contributed by atoms with Gasteiger partial charge in [0.2, 0.25) is 0 Å². The van der Waals surface area contributed by atoms with Crippen LogP contribution in [0, 0.1) is 6.92 Å². The second-order valence-electron chi connectivity index (χ2n) is 5.71. The zero-order chi connectivity index (χ0) is 12.0.